The van der Waals surface area contributed by atoms with E-state index in [1.807, 2.05) is 19.1 Å². The molecular weight excluding hydrogens is 444 g/mol. The van der Waals surface area contributed by atoms with Crippen LogP contribution in [0.3, 0.4) is 0 Å². The number of hydrogen-bond donors (Lipinski definition) is 1. The fraction of sp³-hybridized carbons (Fsp3) is 0.474. The lowest BCUT2D eigenvalue weighted by molar-refractivity contribution is -0.187. The molecule has 2 fully saturated rings. The molecule has 0 radical (unpaired) electrons. The Labute approximate surface area is 175 Å². The van der Waals surface area contributed by atoms with E-state index in [-0.39, 0.29) is 11.9 Å². The summed E-state index contributed by atoms with van der Waals surface area (Å²) in [7, 11) is 0. The van der Waals surface area contributed by atoms with Crippen molar-refractivity contribution >= 4 is 32.2 Å². The van der Waals surface area contributed by atoms with Crippen LogP contribution in [0.5, 0.6) is 5.88 Å². The van der Waals surface area contributed by atoms with Crippen molar-refractivity contribution in [1.82, 2.24) is 19.5 Å². The summed E-state index contributed by atoms with van der Waals surface area (Å²) in [4.78, 5) is 8.39. The molecule has 0 amide bonds. The molecule has 0 unspecified atom stereocenters. The van der Waals surface area contributed by atoms with Crippen molar-refractivity contribution < 1.29 is 14.6 Å². The van der Waals surface area contributed by atoms with E-state index >= 15 is 0 Å². The molecule has 5 rings (SSSR count). The molecule has 1 atom stereocenters. The number of benzene rings is 1. The molecule has 1 N–H and O–H groups in total. The van der Waals surface area contributed by atoms with Gasteiger partial charge in [-0.1, -0.05) is 39.4 Å². The van der Waals surface area contributed by atoms with Gasteiger partial charge in [-0.15, -0.1) is 5.10 Å². The molecular formula is C19H21BrN4O3S. The third-order valence-corrected chi connectivity index (χ3v) is 7.08. The van der Waals surface area contributed by atoms with Crippen LogP contribution in [0.25, 0.3) is 4.96 Å². The number of hydrogen-bond acceptors (Lipinski definition) is 7. The highest BCUT2D eigenvalue weighted by Crippen LogP contribution is 2.43. The van der Waals surface area contributed by atoms with Crippen molar-refractivity contribution in [3.8, 4) is 5.88 Å². The Hall–Kier alpha value is -1.52. The first-order chi connectivity index (χ1) is 13.5. The van der Waals surface area contributed by atoms with Gasteiger partial charge in [-0.05, 0) is 24.6 Å². The van der Waals surface area contributed by atoms with Crippen molar-refractivity contribution in [2.75, 3.05) is 26.3 Å². The highest BCUT2D eigenvalue weighted by atomic mass is 79.9. The van der Waals surface area contributed by atoms with E-state index < -0.39 is 5.79 Å². The van der Waals surface area contributed by atoms with Crippen LogP contribution in [0, 0.1) is 6.92 Å². The predicted molar refractivity (Wildman–Crippen MR) is 109 cm³/mol. The average molecular weight is 465 g/mol. The number of aromatic hydroxyl groups is 1. The summed E-state index contributed by atoms with van der Waals surface area (Å²) in [6.07, 6.45) is 1.64. The average Bonchev–Trinajstić information content (AvgIpc) is 3.37. The number of rotatable bonds is 3. The van der Waals surface area contributed by atoms with Gasteiger partial charge < -0.3 is 14.6 Å². The standard InChI is InChI=1S/C19H21BrN4O3S/c1-12-21-18-24(22-12)17(25)16(28-18)15(13-2-4-14(20)5-3-13)23-8-6-19(7-9-23)26-10-11-27-19/h2-5,15,25H,6-11H2,1H3/t15-/m1/s1. The summed E-state index contributed by atoms with van der Waals surface area (Å²) in [6, 6.07) is 8.20. The molecule has 148 valence electrons. The summed E-state index contributed by atoms with van der Waals surface area (Å²) < 4.78 is 14.3. The second-order valence-electron chi connectivity index (χ2n) is 7.24. The molecule has 2 aliphatic heterocycles. The molecule has 7 nitrogen and oxygen atoms in total. The monoisotopic (exact) mass is 464 g/mol. The SMILES string of the molecule is Cc1nc2sc([C@@H](c3ccc(Br)cc3)N3CCC4(CC3)OCCO4)c(O)n2n1. The Morgan fingerprint density at radius 1 is 1.18 bits per heavy atom. The van der Waals surface area contributed by atoms with Crippen molar-refractivity contribution in [2.24, 2.45) is 0 Å². The molecule has 2 aliphatic rings. The maximum absolute atomic E-state index is 10.9. The number of fused-ring (bicyclic) bond motifs is 1. The van der Waals surface area contributed by atoms with Crippen molar-refractivity contribution in [1.29, 1.82) is 0 Å². The third-order valence-electron chi connectivity index (χ3n) is 5.48. The first-order valence-corrected chi connectivity index (χ1v) is 11.0. The molecule has 0 saturated carbocycles. The minimum Gasteiger partial charge on any atom is -0.492 e. The summed E-state index contributed by atoms with van der Waals surface area (Å²) >= 11 is 5.01. The number of halogens is 1. The molecule has 28 heavy (non-hydrogen) atoms. The predicted octanol–water partition coefficient (Wildman–Crippen LogP) is 3.50. The van der Waals surface area contributed by atoms with Crippen molar-refractivity contribution in [3.05, 3.63) is 45.0 Å². The first kappa shape index (κ1) is 18.5. The molecule has 1 spiro atoms. The van der Waals surface area contributed by atoms with Crippen LogP contribution in [-0.4, -0.2) is 56.7 Å². The Bertz CT molecular complexity index is 987. The van der Waals surface area contributed by atoms with E-state index in [0.717, 1.165) is 40.8 Å². The van der Waals surface area contributed by atoms with Crippen molar-refractivity contribution in [3.63, 3.8) is 0 Å². The molecule has 0 aliphatic carbocycles. The second-order valence-corrected chi connectivity index (χ2v) is 9.17. The maximum atomic E-state index is 10.9. The summed E-state index contributed by atoms with van der Waals surface area (Å²) in [6.45, 7) is 4.82. The summed E-state index contributed by atoms with van der Waals surface area (Å²) in [5.74, 6) is 0.400. The number of nitrogens with zero attached hydrogens (tertiary/aromatic N) is 4. The highest BCUT2D eigenvalue weighted by molar-refractivity contribution is 9.10. The minimum atomic E-state index is -0.425. The Morgan fingerprint density at radius 3 is 2.50 bits per heavy atom. The maximum Gasteiger partial charge on any atom is 0.230 e. The van der Waals surface area contributed by atoms with Gasteiger partial charge in [0, 0.05) is 30.4 Å². The van der Waals surface area contributed by atoms with E-state index in [1.54, 1.807) is 0 Å². The molecule has 2 aromatic heterocycles. The summed E-state index contributed by atoms with van der Waals surface area (Å²) in [5, 5.41) is 15.2. The fourth-order valence-electron chi connectivity index (χ4n) is 4.11. The van der Waals surface area contributed by atoms with E-state index in [0.29, 0.717) is 24.0 Å². The number of likely N-dealkylation sites (tertiary alicyclic amines) is 1. The van der Waals surface area contributed by atoms with E-state index in [4.69, 9.17) is 9.47 Å². The van der Waals surface area contributed by atoms with Crippen molar-refractivity contribution in [2.45, 2.75) is 31.6 Å². The van der Waals surface area contributed by atoms with E-state index in [9.17, 15) is 5.11 Å². The molecule has 9 heteroatoms. The van der Waals surface area contributed by atoms with Gasteiger partial charge in [0.25, 0.3) is 0 Å². The van der Waals surface area contributed by atoms with E-state index in [2.05, 4.69) is 43.0 Å². The highest BCUT2D eigenvalue weighted by Gasteiger charge is 2.42. The number of piperidine rings is 1. The van der Waals surface area contributed by atoms with Crippen LogP contribution >= 0.6 is 27.3 Å². The lowest BCUT2D eigenvalue weighted by atomic mass is 9.97. The molecule has 2 saturated heterocycles. The zero-order chi connectivity index (χ0) is 19.3. The number of aryl methyl sites for hydroxylation is 1. The number of thiazole rings is 1. The normalized spacial score (nSPS) is 20.9. The van der Waals surface area contributed by atoms with Crippen LogP contribution in [-0.2, 0) is 9.47 Å². The quantitative estimate of drug-likeness (QED) is 0.639. The van der Waals surface area contributed by atoms with Gasteiger partial charge in [-0.3, -0.25) is 4.90 Å². The Balaban J connectivity index is 1.52. The third kappa shape index (κ3) is 3.15. The van der Waals surface area contributed by atoms with E-state index in [1.165, 1.54) is 15.9 Å². The van der Waals surface area contributed by atoms with Gasteiger partial charge in [-0.25, -0.2) is 4.98 Å². The lowest BCUT2D eigenvalue weighted by Gasteiger charge is -2.41. The second kappa shape index (κ2) is 7.07. The smallest absolute Gasteiger partial charge is 0.230 e. The van der Waals surface area contributed by atoms with Gasteiger partial charge in [0.05, 0.1) is 24.1 Å². The fourth-order valence-corrected chi connectivity index (χ4v) is 5.53. The van der Waals surface area contributed by atoms with Gasteiger partial charge in [-0.2, -0.15) is 4.52 Å². The molecule has 3 aromatic rings. The zero-order valence-corrected chi connectivity index (χ0v) is 17.9. The topological polar surface area (TPSA) is 72.1 Å². The lowest BCUT2D eigenvalue weighted by Crippen LogP contribution is -2.46. The van der Waals surface area contributed by atoms with Crippen LogP contribution in [0.4, 0.5) is 0 Å². The van der Waals surface area contributed by atoms with Crippen LogP contribution in [0.1, 0.15) is 35.1 Å². The minimum absolute atomic E-state index is 0.0688. The summed E-state index contributed by atoms with van der Waals surface area (Å²) in [5.41, 5.74) is 1.13. The largest absolute Gasteiger partial charge is 0.492 e. The molecule has 1 aromatic carbocycles. The number of ether oxygens (including phenoxy) is 2. The van der Waals surface area contributed by atoms with Gasteiger partial charge in [0.2, 0.25) is 10.8 Å². The molecule has 4 heterocycles. The zero-order valence-electron chi connectivity index (χ0n) is 15.5. The van der Waals surface area contributed by atoms with Crippen LogP contribution < -0.4 is 0 Å². The van der Waals surface area contributed by atoms with Gasteiger partial charge >= 0.3 is 0 Å². The Kier molecular flexibility index (Phi) is 4.67. The van der Waals surface area contributed by atoms with Crippen LogP contribution in [0.15, 0.2) is 28.7 Å². The first-order valence-electron chi connectivity index (χ1n) is 9.37. The van der Waals surface area contributed by atoms with Gasteiger partial charge in [0.15, 0.2) is 5.79 Å². The molecule has 0 bridgehead atoms. The Morgan fingerprint density at radius 2 is 1.86 bits per heavy atom. The number of aromatic nitrogens is 3. The van der Waals surface area contributed by atoms with Crippen LogP contribution in [0.2, 0.25) is 0 Å². The van der Waals surface area contributed by atoms with Gasteiger partial charge in [0.1, 0.15) is 5.82 Å².